The van der Waals surface area contributed by atoms with Gasteiger partial charge in [-0.2, -0.15) is 5.10 Å². The zero-order chi connectivity index (χ0) is 13.4. The fourth-order valence-electron chi connectivity index (χ4n) is 2.60. The van der Waals surface area contributed by atoms with Crippen molar-refractivity contribution in [2.75, 3.05) is 0 Å². The number of H-pyrrole nitrogens is 1. The van der Waals surface area contributed by atoms with E-state index >= 15 is 0 Å². The third kappa shape index (κ3) is 2.03. The molecule has 0 bridgehead atoms. The Hall–Kier alpha value is -2.10. The molecular formula is C15H17N3O. The van der Waals surface area contributed by atoms with Crippen LogP contribution in [-0.2, 0) is 6.42 Å². The van der Waals surface area contributed by atoms with Gasteiger partial charge in [0.1, 0.15) is 0 Å². The maximum Gasteiger partial charge on any atom is 0.272 e. The smallest absolute Gasteiger partial charge is 0.272 e. The third-order valence-corrected chi connectivity index (χ3v) is 3.41. The normalized spacial score (nSPS) is 17.6. The molecule has 4 heteroatoms. The number of aromatic nitrogens is 2. The zero-order valence-corrected chi connectivity index (χ0v) is 11.1. The van der Waals surface area contributed by atoms with Crippen LogP contribution in [0.4, 0.5) is 0 Å². The monoisotopic (exact) mass is 255 g/mol. The Morgan fingerprint density at radius 1 is 1.26 bits per heavy atom. The molecule has 3 rings (SSSR count). The summed E-state index contributed by atoms with van der Waals surface area (Å²) in [6.45, 7) is 4.32. The lowest BCUT2D eigenvalue weighted by Gasteiger charge is -2.14. The Labute approximate surface area is 112 Å². The number of hydrogen-bond donors (Lipinski definition) is 2. The summed E-state index contributed by atoms with van der Waals surface area (Å²) in [5.41, 5.74) is 3.73. The minimum Gasteiger partial charge on any atom is -0.340 e. The maximum absolute atomic E-state index is 12.0. The van der Waals surface area contributed by atoms with E-state index in [1.165, 1.54) is 0 Å². The van der Waals surface area contributed by atoms with E-state index in [1.54, 1.807) is 0 Å². The van der Waals surface area contributed by atoms with Gasteiger partial charge >= 0.3 is 0 Å². The second-order valence-corrected chi connectivity index (χ2v) is 5.38. The largest absolute Gasteiger partial charge is 0.340 e. The highest BCUT2D eigenvalue weighted by atomic mass is 16.2. The van der Waals surface area contributed by atoms with Crippen LogP contribution >= 0.6 is 0 Å². The van der Waals surface area contributed by atoms with E-state index in [0.717, 1.165) is 23.2 Å². The molecule has 19 heavy (non-hydrogen) atoms. The van der Waals surface area contributed by atoms with Crippen molar-refractivity contribution in [3.63, 3.8) is 0 Å². The van der Waals surface area contributed by atoms with Crippen molar-refractivity contribution in [1.29, 1.82) is 0 Å². The molecule has 1 amide bonds. The van der Waals surface area contributed by atoms with Crippen LogP contribution in [0.25, 0.3) is 0 Å². The van der Waals surface area contributed by atoms with E-state index in [0.29, 0.717) is 11.6 Å². The van der Waals surface area contributed by atoms with E-state index in [2.05, 4.69) is 29.4 Å². The molecule has 1 atom stereocenters. The molecule has 2 heterocycles. The summed E-state index contributed by atoms with van der Waals surface area (Å²) >= 11 is 0. The van der Waals surface area contributed by atoms with Crippen molar-refractivity contribution in [3.8, 4) is 0 Å². The van der Waals surface area contributed by atoms with E-state index in [9.17, 15) is 4.79 Å². The van der Waals surface area contributed by atoms with Gasteiger partial charge in [0, 0.05) is 11.3 Å². The molecule has 1 aliphatic heterocycles. The molecule has 98 valence electrons. The van der Waals surface area contributed by atoms with Crippen LogP contribution in [0.1, 0.15) is 47.2 Å². The summed E-state index contributed by atoms with van der Waals surface area (Å²) < 4.78 is 0. The number of fused-ring (bicyclic) bond motifs is 1. The minimum absolute atomic E-state index is 0.0730. The highest BCUT2D eigenvalue weighted by Gasteiger charge is 2.35. The van der Waals surface area contributed by atoms with Gasteiger partial charge in [-0.3, -0.25) is 9.89 Å². The molecule has 0 saturated heterocycles. The van der Waals surface area contributed by atoms with Gasteiger partial charge in [0.25, 0.3) is 5.91 Å². The number of rotatable bonds is 3. The van der Waals surface area contributed by atoms with Crippen molar-refractivity contribution < 1.29 is 4.79 Å². The topological polar surface area (TPSA) is 57.8 Å². The first-order valence-corrected chi connectivity index (χ1v) is 6.59. The molecule has 0 spiro atoms. The highest BCUT2D eigenvalue weighted by Crippen LogP contribution is 2.32. The average Bonchev–Trinajstić information content (AvgIpc) is 2.93. The van der Waals surface area contributed by atoms with Gasteiger partial charge in [-0.15, -0.1) is 0 Å². The first kappa shape index (κ1) is 12.0. The van der Waals surface area contributed by atoms with Gasteiger partial charge in [-0.25, -0.2) is 0 Å². The van der Waals surface area contributed by atoms with Gasteiger partial charge in [-0.1, -0.05) is 44.2 Å². The molecule has 0 saturated carbocycles. The summed E-state index contributed by atoms with van der Waals surface area (Å²) in [4.78, 5) is 12.0. The van der Waals surface area contributed by atoms with E-state index in [1.807, 2.05) is 30.3 Å². The molecule has 0 radical (unpaired) electrons. The van der Waals surface area contributed by atoms with Crippen molar-refractivity contribution in [2.45, 2.75) is 26.3 Å². The first-order valence-electron chi connectivity index (χ1n) is 6.59. The fraction of sp³-hybridized carbons (Fsp3) is 0.333. The number of carbonyl (C=O) groups excluding carboxylic acids is 1. The number of carbonyl (C=O) groups is 1. The summed E-state index contributed by atoms with van der Waals surface area (Å²) in [7, 11) is 0. The lowest BCUT2D eigenvalue weighted by molar-refractivity contribution is 0.0955. The number of nitrogens with zero attached hydrogens (tertiary/aromatic N) is 1. The predicted octanol–water partition coefficient (Wildman–Crippen LogP) is 2.44. The Morgan fingerprint density at radius 2 is 2.00 bits per heavy atom. The molecule has 1 aromatic carbocycles. The van der Waals surface area contributed by atoms with Crippen LogP contribution in [-0.4, -0.2) is 16.1 Å². The molecule has 1 aromatic heterocycles. The number of amides is 1. The predicted molar refractivity (Wildman–Crippen MR) is 72.9 cm³/mol. The molecule has 0 aliphatic carbocycles. The summed E-state index contributed by atoms with van der Waals surface area (Å²) in [6.07, 6.45) is 0.903. The second-order valence-electron chi connectivity index (χ2n) is 5.38. The van der Waals surface area contributed by atoms with Crippen molar-refractivity contribution >= 4 is 5.91 Å². The van der Waals surface area contributed by atoms with Gasteiger partial charge in [0.2, 0.25) is 0 Å². The maximum atomic E-state index is 12.0. The van der Waals surface area contributed by atoms with E-state index < -0.39 is 0 Å². The van der Waals surface area contributed by atoms with Crippen LogP contribution in [0.5, 0.6) is 0 Å². The van der Waals surface area contributed by atoms with Crippen molar-refractivity contribution in [2.24, 2.45) is 5.92 Å². The molecule has 0 fully saturated rings. The lowest BCUT2D eigenvalue weighted by Crippen LogP contribution is -2.21. The van der Waals surface area contributed by atoms with Gasteiger partial charge in [0.15, 0.2) is 5.69 Å². The molecular weight excluding hydrogens is 238 g/mol. The quantitative estimate of drug-likeness (QED) is 0.885. The molecule has 2 aromatic rings. The zero-order valence-electron chi connectivity index (χ0n) is 11.1. The van der Waals surface area contributed by atoms with Crippen LogP contribution in [0, 0.1) is 5.92 Å². The van der Waals surface area contributed by atoms with Crippen LogP contribution < -0.4 is 5.32 Å². The fourth-order valence-corrected chi connectivity index (χ4v) is 2.60. The molecule has 1 aliphatic rings. The Bertz CT molecular complexity index is 601. The summed E-state index contributed by atoms with van der Waals surface area (Å²) in [5.74, 6) is 0.437. The Balaban J connectivity index is 2.04. The van der Waals surface area contributed by atoms with Crippen molar-refractivity contribution in [3.05, 3.63) is 52.8 Å². The minimum atomic E-state index is -0.0879. The summed E-state index contributed by atoms with van der Waals surface area (Å²) in [5, 5.41) is 10.2. The second kappa shape index (κ2) is 4.53. The SMILES string of the molecule is CC(C)Cc1[nH]nc2c1C(c1ccccc1)NC2=O. The van der Waals surface area contributed by atoms with Gasteiger partial charge in [0.05, 0.1) is 6.04 Å². The number of aromatic amines is 1. The van der Waals surface area contributed by atoms with Gasteiger partial charge in [-0.05, 0) is 17.9 Å². The number of nitrogens with one attached hydrogen (secondary N) is 2. The summed E-state index contributed by atoms with van der Waals surface area (Å²) in [6, 6.07) is 9.95. The van der Waals surface area contributed by atoms with Gasteiger partial charge < -0.3 is 5.32 Å². The molecule has 2 N–H and O–H groups in total. The van der Waals surface area contributed by atoms with E-state index in [-0.39, 0.29) is 11.9 Å². The van der Waals surface area contributed by atoms with E-state index in [4.69, 9.17) is 0 Å². The molecule has 1 unspecified atom stereocenters. The standard InChI is InChI=1S/C15H17N3O/c1-9(2)8-11-12-13(10-6-4-3-5-7-10)16-15(19)14(12)18-17-11/h3-7,9,13H,8H2,1-2H3,(H,16,19)(H,17,18). The lowest BCUT2D eigenvalue weighted by atomic mass is 9.96. The van der Waals surface area contributed by atoms with Crippen LogP contribution in [0.2, 0.25) is 0 Å². The van der Waals surface area contributed by atoms with Crippen LogP contribution in [0.3, 0.4) is 0 Å². The molecule has 4 nitrogen and oxygen atoms in total. The number of benzene rings is 1. The van der Waals surface area contributed by atoms with Crippen LogP contribution in [0.15, 0.2) is 30.3 Å². The Kier molecular flexibility index (Phi) is 2.85. The third-order valence-electron chi connectivity index (χ3n) is 3.41. The highest BCUT2D eigenvalue weighted by molar-refractivity contribution is 5.98. The number of hydrogen-bond acceptors (Lipinski definition) is 2. The Morgan fingerprint density at radius 3 is 2.68 bits per heavy atom. The first-order chi connectivity index (χ1) is 9.16. The van der Waals surface area contributed by atoms with Crippen molar-refractivity contribution in [1.82, 2.24) is 15.5 Å². The average molecular weight is 255 g/mol.